The lowest BCUT2D eigenvalue weighted by Gasteiger charge is -2.24. The van der Waals surface area contributed by atoms with Gasteiger partial charge in [0.25, 0.3) is 5.69 Å². The summed E-state index contributed by atoms with van der Waals surface area (Å²) < 4.78 is 44.5. The van der Waals surface area contributed by atoms with Crippen molar-refractivity contribution in [3.63, 3.8) is 0 Å². The SMILES string of the molecule is CCOC(=O)C1(C)CN(CC(=O)Nc2ccc([N+](=O)[O-])cc2)N=C1c1ccc(C(F)(F)F)c(Cl)c1. The molecule has 1 N–H and O–H groups in total. The lowest BCUT2D eigenvalue weighted by Crippen LogP contribution is -2.41. The van der Waals surface area contributed by atoms with E-state index in [9.17, 15) is 32.9 Å². The average molecular weight is 513 g/mol. The number of ether oxygens (including phenoxy) is 1. The molecule has 13 heteroatoms. The molecule has 1 unspecified atom stereocenters. The number of carbonyl (C=O) groups is 2. The first-order valence-electron chi connectivity index (χ1n) is 10.3. The fraction of sp³-hybridized carbons (Fsp3) is 0.318. The van der Waals surface area contributed by atoms with Crippen molar-refractivity contribution in [2.45, 2.75) is 20.0 Å². The van der Waals surface area contributed by atoms with Gasteiger partial charge in [-0.2, -0.15) is 18.3 Å². The van der Waals surface area contributed by atoms with Crippen molar-refractivity contribution >= 4 is 40.6 Å². The van der Waals surface area contributed by atoms with Crippen molar-refractivity contribution in [2.24, 2.45) is 10.5 Å². The van der Waals surface area contributed by atoms with Crippen molar-refractivity contribution in [3.05, 3.63) is 68.7 Å². The Morgan fingerprint density at radius 2 is 1.91 bits per heavy atom. The van der Waals surface area contributed by atoms with Gasteiger partial charge >= 0.3 is 12.1 Å². The number of anilines is 1. The summed E-state index contributed by atoms with van der Waals surface area (Å²) in [5.41, 5.74) is -1.96. The number of nitrogens with one attached hydrogen (secondary N) is 1. The normalized spacial score (nSPS) is 17.7. The van der Waals surface area contributed by atoms with E-state index in [0.717, 1.165) is 18.2 Å². The number of benzene rings is 2. The van der Waals surface area contributed by atoms with Gasteiger partial charge in [-0.25, -0.2) is 0 Å². The highest BCUT2D eigenvalue weighted by atomic mass is 35.5. The maximum atomic E-state index is 13.1. The fourth-order valence-corrected chi connectivity index (χ4v) is 3.86. The van der Waals surface area contributed by atoms with Crippen LogP contribution in [0.4, 0.5) is 24.5 Å². The Bertz CT molecular complexity index is 1190. The number of nitro groups is 1. The maximum absolute atomic E-state index is 13.1. The van der Waals surface area contributed by atoms with Crippen LogP contribution in [0.15, 0.2) is 47.6 Å². The fourth-order valence-electron chi connectivity index (χ4n) is 3.57. The molecule has 1 heterocycles. The molecule has 35 heavy (non-hydrogen) atoms. The van der Waals surface area contributed by atoms with Crippen LogP contribution >= 0.6 is 11.6 Å². The van der Waals surface area contributed by atoms with E-state index in [1.807, 2.05) is 0 Å². The van der Waals surface area contributed by atoms with Crippen LogP contribution in [0.2, 0.25) is 5.02 Å². The van der Waals surface area contributed by atoms with E-state index in [1.165, 1.54) is 36.2 Å². The van der Waals surface area contributed by atoms with E-state index in [1.54, 1.807) is 6.92 Å². The summed E-state index contributed by atoms with van der Waals surface area (Å²) in [6.45, 7) is 2.81. The first-order chi connectivity index (χ1) is 16.3. The van der Waals surface area contributed by atoms with Crippen LogP contribution in [-0.2, 0) is 20.5 Å². The van der Waals surface area contributed by atoms with E-state index in [2.05, 4.69) is 10.4 Å². The number of hydrogen-bond acceptors (Lipinski definition) is 7. The second-order valence-corrected chi connectivity index (χ2v) is 8.28. The highest BCUT2D eigenvalue weighted by Gasteiger charge is 2.47. The quantitative estimate of drug-likeness (QED) is 0.332. The molecule has 1 aliphatic rings. The van der Waals surface area contributed by atoms with Crippen LogP contribution in [0.25, 0.3) is 0 Å². The number of nitrogens with zero attached hydrogens (tertiary/aromatic N) is 3. The predicted molar refractivity (Wildman–Crippen MR) is 121 cm³/mol. The van der Waals surface area contributed by atoms with Crippen LogP contribution in [0.3, 0.4) is 0 Å². The number of amides is 1. The largest absolute Gasteiger partial charge is 0.465 e. The molecule has 2 aromatic carbocycles. The molecular formula is C22H20ClF3N4O5. The third-order valence-electron chi connectivity index (χ3n) is 5.22. The van der Waals surface area contributed by atoms with Crippen molar-refractivity contribution < 1.29 is 32.4 Å². The number of hydrogen-bond donors (Lipinski definition) is 1. The number of esters is 1. The lowest BCUT2D eigenvalue weighted by atomic mass is 9.82. The van der Waals surface area contributed by atoms with E-state index in [-0.39, 0.29) is 36.7 Å². The molecule has 186 valence electrons. The van der Waals surface area contributed by atoms with Gasteiger partial charge in [-0.1, -0.05) is 17.7 Å². The molecule has 2 aromatic rings. The van der Waals surface area contributed by atoms with Crippen molar-refractivity contribution in [3.8, 4) is 0 Å². The Morgan fingerprint density at radius 1 is 1.26 bits per heavy atom. The van der Waals surface area contributed by atoms with Gasteiger partial charge in [-0.3, -0.25) is 24.7 Å². The van der Waals surface area contributed by atoms with Crippen LogP contribution < -0.4 is 5.32 Å². The molecule has 1 atom stereocenters. The van der Waals surface area contributed by atoms with Gasteiger partial charge in [0.2, 0.25) is 5.91 Å². The topological polar surface area (TPSA) is 114 Å². The molecule has 0 bridgehead atoms. The van der Waals surface area contributed by atoms with E-state index >= 15 is 0 Å². The molecule has 9 nitrogen and oxygen atoms in total. The minimum atomic E-state index is -4.65. The molecule has 1 amide bonds. The van der Waals surface area contributed by atoms with Gasteiger partial charge in [-0.15, -0.1) is 0 Å². The molecule has 0 spiro atoms. The molecule has 0 fully saturated rings. The summed E-state index contributed by atoms with van der Waals surface area (Å²) in [5.74, 6) is -1.19. The summed E-state index contributed by atoms with van der Waals surface area (Å²) in [4.78, 5) is 35.5. The maximum Gasteiger partial charge on any atom is 0.417 e. The van der Waals surface area contributed by atoms with E-state index in [4.69, 9.17) is 16.3 Å². The van der Waals surface area contributed by atoms with Gasteiger partial charge in [0.05, 0.1) is 34.4 Å². The summed E-state index contributed by atoms with van der Waals surface area (Å²) in [7, 11) is 0. The minimum absolute atomic E-state index is 0.0656. The minimum Gasteiger partial charge on any atom is -0.465 e. The number of carbonyl (C=O) groups excluding carboxylic acids is 2. The molecule has 0 aromatic heterocycles. The lowest BCUT2D eigenvalue weighted by molar-refractivity contribution is -0.384. The Hall–Kier alpha value is -3.67. The Balaban J connectivity index is 1.85. The Labute approximate surface area is 202 Å². The van der Waals surface area contributed by atoms with Crippen LogP contribution in [0.5, 0.6) is 0 Å². The second-order valence-electron chi connectivity index (χ2n) is 7.87. The summed E-state index contributed by atoms with van der Waals surface area (Å²) in [6, 6.07) is 8.22. The monoisotopic (exact) mass is 512 g/mol. The van der Waals surface area contributed by atoms with Gasteiger partial charge in [0.1, 0.15) is 12.0 Å². The number of non-ortho nitro benzene ring substituents is 1. The number of hydrazone groups is 1. The molecule has 0 radical (unpaired) electrons. The molecule has 0 aliphatic carbocycles. The van der Waals surface area contributed by atoms with Gasteiger partial charge < -0.3 is 10.1 Å². The van der Waals surface area contributed by atoms with Crippen LogP contribution in [0, 0.1) is 15.5 Å². The summed E-state index contributed by atoms with van der Waals surface area (Å²) >= 11 is 5.86. The molecule has 0 saturated carbocycles. The van der Waals surface area contributed by atoms with Crippen LogP contribution in [0.1, 0.15) is 25.0 Å². The number of halogens is 4. The van der Waals surface area contributed by atoms with E-state index < -0.39 is 39.0 Å². The molecule has 0 saturated heterocycles. The summed E-state index contributed by atoms with van der Waals surface area (Å²) in [5, 5.41) is 18.4. The zero-order chi connectivity index (χ0) is 26.0. The third kappa shape index (κ3) is 5.70. The molecular weight excluding hydrogens is 493 g/mol. The first kappa shape index (κ1) is 25.9. The molecule has 1 aliphatic heterocycles. The van der Waals surface area contributed by atoms with Crippen molar-refractivity contribution in [1.29, 1.82) is 0 Å². The van der Waals surface area contributed by atoms with E-state index in [0.29, 0.717) is 5.69 Å². The zero-order valence-corrected chi connectivity index (χ0v) is 19.3. The van der Waals surface area contributed by atoms with Gasteiger partial charge in [0, 0.05) is 23.4 Å². The molecule has 3 rings (SSSR count). The Kier molecular flexibility index (Phi) is 7.34. The van der Waals surface area contributed by atoms with Gasteiger partial charge in [0.15, 0.2) is 0 Å². The summed E-state index contributed by atoms with van der Waals surface area (Å²) in [6.07, 6.45) is -4.65. The standard InChI is InChI=1S/C22H20ClF3N4O5/c1-3-35-20(32)21(2)12-29(11-18(31)27-14-5-7-15(8-6-14)30(33)34)28-19(21)13-4-9-16(17(23)10-13)22(24,25)26/h4-10H,3,11-12H2,1-2H3,(H,27,31). The Morgan fingerprint density at radius 3 is 2.46 bits per heavy atom. The van der Waals surface area contributed by atoms with Crippen molar-refractivity contribution in [1.82, 2.24) is 5.01 Å². The first-order valence-corrected chi connectivity index (χ1v) is 10.7. The second kappa shape index (κ2) is 9.90. The van der Waals surface area contributed by atoms with Crippen LogP contribution in [-0.4, -0.2) is 47.2 Å². The zero-order valence-electron chi connectivity index (χ0n) is 18.6. The number of nitro benzene ring substituents is 1. The highest BCUT2D eigenvalue weighted by molar-refractivity contribution is 6.32. The smallest absolute Gasteiger partial charge is 0.417 e. The third-order valence-corrected chi connectivity index (χ3v) is 5.54. The van der Waals surface area contributed by atoms with Crippen molar-refractivity contribution in [2.75, 3.05) is 25.0 Å². The number of alkyl halides is 3. The average Bonchev–Trinajstić information content (AvgIpc) is 3.10. The highest BCUT2D eigenvalue weighted by Crippen LogP contribution is 2.38. The van der Waals surface area contributed by atoms with Gasteiger partial charge in [-0.05, 0) is 38.1 Å². The predicted octanol–water partition coefficient (Wildman–Crippen LogP) is 4.49. The number of rotatable bonds is 7.